The molecule has 2 aromatic rings. The molecule has 37 heavy (non-hydrogen) atoms. The molecule has 3 fully saturated rings. The zero-order valence-electron chi connectivity index (χ0n) is 20.1. The van der Waals surface area contributed by atoms with Crippen molar-refractivity contribution in [1.29, 1.82) is 0 Å². The molecule has 1 aromatic heterocycles. The molecule has 4 heterocycles. The van der Waals surface area contributed by atoms with E-state index >= 15 is 0 Å². The number of piperazine rings is 1. The van der Waals surface area contributed by atoms with Gasteiger partial charge in [0.25, 0.3) is 5.92 Å². The molecule has 13 heteroatoms. The summed E-state index contributed by atoms with van der Waals surface area (Å²) in [7, 11) is 2.07. The van der Waals surface area contributed by atoms with Crippen LogP contribution >= 0.6 is 11.6 Å². The van der Waals surface area contributed by atoms with E-state index in [0.29, 0.717) is 11.4 Å². The van der Waals surface area contributed by atoms with E-state index in [2.05, 4.69) is 44.0 Å². The molecular formula is C24H27ClF2N6O4. The van der Waals surface area contributed by atoms with Gasteiger partial charge in [0.15, 0.2) is 12.2 Å². The first-order valence-corrected chi connectivity index (χ1v) is 12.2. The van der Waals surface area contributed by atoms with Crippen LogP contribution < -0.4 is 20.3 Å². The lowest BCUT2D eigenvalue weighted by atomic mass is 10.1. The van der Waals surface area contributed by atoms with E-state index in [4.69, 9.17) is 25.8 Å². The highest BCUT2D eigenvalue weighted by Gasteiger charge is 2.59. The van der Waals surface area contributed by atoms with Gasteiger partial charge in [-0.05, 0) is 31.3 Å². The molecule has 0 bridgehead atoms. The summed E-state index contributed by atoms with van der Waals surface area (Å²) in [5.74, 6) is -3.22. The van der Waals surface area contributed by atoms with Crippen molar-refractivity contribution in [2.45, 2.75) is 24.2 Å². The number of anilines is 4. The van der Waals surface area contributed by atoms with Crippen molar-refractivity contribution < 1.29 is 27.8 Å². The van der Waals surface area contributed by atoms with Crippen LogP contribution in [0.3, 0.4) is 0 Å². The minimum absolute atomic E-state index is 0.0153. The van der Waals surface area contributed by atoms with Crippen LogP contribution in [-0.4, -0.2) is 91.4 Å². The summed E-state index contributed by atoms with van der Waals surface area (Å²) < 4.78 is 44.0. The SMILES string of the molecule is C=CC(=O)Nc1cc(Nc2ncc(Cl)c(O[C@H]3CO[C@@H]4[C@H]3OCC4(F)F)n2)ccc1N1CCN(C)CC1. The van der Waals surface area contributed by atoms with E-state index in [1.54, 1.807) is 6.07 Å². The second-order valence-electron chi connectivity index (χ2n) is 9.13. The molecule has 0 saturated carbocycles. The third-order valence-corrected chi connectivity index (χ3v) is 6.76. The average molecular weight is 537 g/mol. The number of benzene rings is 1. The number of carbonyl (C=O) groups is 1. The number of hydrogen-bond donors (Lipinski definition) is 2. The standard InChI is InChI=1S/C24H27ClF2N6O4/c1-3-19(34)30-16-10-14(4-5-17(16)33-8-6-32(2)7-9-33)29-23-28-11-15(25)22(31-23)37-18-12-35-21-20(18)36-13-24(21,26)27/h3-5,10-11,18,20-21H,1,6-9,12-13H2,2H3,(H,30,34)(H,28,29,31)/t18-,20-,21+/m0/s1. The second-order valence-corrected chi connectivity index (χ2v) is 9.54. The molecule has 5 rings (SSSR count). The first-order valence-electron chi connectivity index (χ1n) is 11.8. The summed E-state index contributed by atoms with van der Waals surface area (Å²) in [6.07, 6.45) is -0.514. The van der Waals surface area contributed by atoms with Crippen LogP contribution in [0.4, 0.5) is 31.8 Å². The fourth-order valence-electron chi connectivity index (χ4n) is 4.52. The molecule has 0 radical (unpaired) electrons. The van der Waals surface area contributed by atoms with Gasteiger partial charge < -0.3 is 34.6 Å². The topological polar surface area (TPSA) is 101 Å². The molecule has 2 N–H and O–H groups in total. The maximum Gasteiger partial charge on any atom is 0.299 e. The van der Waals surface area contributed by atoms with Crippen molar-refractivity contribution in [3.8, 4) is 5.88 Å². The normalized spacial score (nSPS) is 25.0. The van der Waals surface area contributed by atoms with E-state index in [-0.39, 0.29) is 29.4 Å². The quantitative estimate of drug-likeness (QED) is 0.517. The summed E-state index contributed by atoms with van der Waals surface area (Å²) >= 11 is 6.22. The zero-order chi connectivity index (χ0) is 26.2. The Bertz CT molecular complexity index is 1180. The summed E-state index contributed by atoms with van der Waals surface area (Å²) in [4.78, 5) is 25.1. The number of alkyl halides is 2. The smallest absolute Gasteiger partial charge is 0.299 e. The third kappa shape index (κ3) is 5.47. The molecule has 1 aromatic carbocycles. The number of hydrogen-bond acceptors (Lipinski definition) is 9. The van der Waals surface area contributed by atoms with Crippen molar-refractivity contribution in [3.05, 3.63) is 42.1 Å². The number of likely N-dealkylation sites (N-methyl/N-ethyl adjacent to an activating group) is 1. The first-order chi connectivity index (χ1) is 17.7. The number of halogens is 3. The molecular weight excluding hydrogens is 510 g/mol. The van der Waals surface area contributed by atoms with E-state index in [1.807, 2.05) is 12.1 Å². The molecule has 3 saturated heterocycles. The van der Waals surface area contributed by atoms with Gasteiger partial charge in [-0.15, -0.1) is 0 Å². The van der Waals surface area contributed by atoms with E-state index < -0.39 is 30.8 Å². The van der Waals surface area contributed by atoms with Crippen LogP contribution in [0.15, 0.2) is 37.1 Å². The van der Waals surface area contributed by atoms with Gasteiger partial charge in [-0.1, -0.05) is 18.2 Å². The van der Waals surface area contributed by atoms with Crippen molar-refractivity contribution in [2.75, 3.05) is 62.0 Å². The molecule has 0 aliphatic carbocycles. The number of amides is 1. The number of nitrogens with one attached hydrogen (secondary N) is 2. The van der Waals surface area contributed by atoms with E-state index in [1.165, 1.54) is 12.3 Å². The predicted molar refractivity (Wildman–Crippen MR) is 134 cm³/mol. The molecule has 10 nitrogen and oxygen atoms in total. The Morgan fingerprint density at radius 2 is 2.08 bits per heavy atom. The Morgan fingerprint density at radius 1 is 1.30 bits per heavy atom. The Balaban J connectivity index is 1.33. The lowest BCUT2D eigenvalue weighted by Gasteiger charge is -2.35. The van der Waals surface area contributed by atoms with Gasteiger partial charge in [0.1, 0.15) is 17.7 Å². The molecule has 198 valence electrons. The minimum atomic E-state index is -3.07. The number of fused-ring (bicyclic) bond motifs is 1. The Labute approximate surface area is 217 Å². The first kappa shape index (κ1) is 25.6. The van der Waals surface area contributed by atoms with Gasteiger partial charge in [0.2, 0.25) is 17.7 Å². The zero-order valence-corrected chi connectivity index (χ0v) is 20.9. The average Bonchev–Trinajstić information content (AvgIpc) is 3.42. The van der Waals surface area contributed by atoms with Crippen molar-refractivity contribution >= 4 is 40.5 Å². The highest BCUT2D eigenvalue weighted by molar-refractivity contribution is 6.31. The molecule has 1 amide bonds. The van der Waals surface area contributed by atoms with Gasteiger partial charge in [0, 0.05) is 31.9 Å². The number of carbonyl (C=O) groups excluding carboxylic acids is 1. The summed E-state index contributed by atoms with van der Waals surface area (Å²) in [6.45, 7) is 6.20. The third-order valence-electron chi connectivity index (χ3n) is 6.50. The lowest BCUT2D eigenvalue weighted by Crippen LogP contribution is -2.44. The van der Waals surface area contributed by atoms with Gasteiger partial charge in [0.05, 0.1) is 24.2 Å². The Hall–Kier alpha value is -3.06. The van der Waals surface area contributed by atoms with Crippen LogP contribution in [0.5, 0.6) is 5.88 Å². The van der Waals surface area contributed by atoms with Crippen LogP contribution in [0.25, 0.3) is 0 Å². The number of nitrogens with zero attached hydrogens (tertiary/aromatic N) is 4. The van der Waals surface area contributed by atoms with Crippen LogP contribution in [0, 0.1) is 0 Å². The van der Waals surface area contributed by atoms with Gasteiger partial charge in [-0.2, -0.15) is 4.98 Å². The number of rotatable bonds is 7. The molecule has 0 spiro atoms. The summed E-state index contributed by atoms with van der Waals surface area (Å²) in [5.41, 5.74) is 2.10. The molecule has 3 atom stereocenters. The van der Waals surface area contributed by atoms with Crippen LogP contribution in [-0.2, 0) is 14.3 Å². The predicted octanol–water partition coefficient (Wildman–Crippen LogP) is 2.93. The Kier molecular flexibility index (Phi) is 7.17. The fraction of sp³-hybridized carbons (Fsp3) is 0.458. The molecule has 0 unspecified atom stereocenters. The van der Waals surface area contributed by atoms with E-state index in [9.17, 15) is 13.6 Å². The second kappa shape index (κ2) is 10.4. The maximum atomic E-state index is 13.9. The highest BCUT2D eigenvalue weighted by atomic mass is 35.5. The van der Waals surface area contributed by atoms with Crippen molar-refractivity contribution in [2.24, 2.45) is 0 Å². The number of ether oxygens (including phenoxy) is 3. The molecule has 3 aliphatic heterocycles. The van der Waals surface area contributed by atoms with E-state index in [0.717, 1.165) is 31.9 Å². The largest absolute Gasteiger partial charge is 0.468 e. The van der Waals surface area contributed by atoms with Crippen molar-refractivity contribution in [1.82, 2.24) is 14.9 Å². The summed E-state index contributed by atoms with van der Waals surface area (Å²) in [5, 5.41) is 6.06. The van der Waals surface area contributed by atoms with Crippen LogP contribution in [0.1, 0.15) is 0 Å². The van der Waals surface area contributed by atoms with Gasteiger partial charge >= 0.3 is 0 Å². The monoisotopic (exact) mass is 536 g/mol. The maximum absolute atomic E-state index is 13.9. The van der Waals surface area contributed by atoms with Gasteiger partial charge in [-0.25, -0.2) is 13.8 Å². The van der Waals surface area contributed by atoms with Crippen molar-refractivity contribution in [3.63, 3.8) is 0 Å². The minimum Gasteiger partial charge on any atom is -0.468 e. The van der Waals surface area contributed by atoms with Crippen LogP contribution in [0.2, 0.25) is 5.02 Å². The highest BCUT2D eigenvalue weighted by Crippen LogP contribution is 2.40. The lowest BCUT2D eigenvalue weighted by molar-refractivity contribution is -0.111. The fourth-order valence-corrected chi connectivity index (χ4v) is 4.65. The molecule has 3 aliphatic rings. The number of aromatic nitrogens is 2. The summed E-state index contributed by atoms with van der Waals surface area (Å²) in [6, 6.07) is 5.53. The van der Waals surface area contributed by atoms with Gasteiger partial charge in [-0.3, -0.25) is 4.79 Å². The Morgan fingerprint density at radius 3 is 2.84 bits per heavy atom.